The van der Waals surface area contributed by atoms with E-state index in [0.717, 1.165) is 4.57 Å². The van der Waals surface area contributed by atoms with Gasteiger partial charge < -0.3 is 5.11 Å². The lowest BCUT2D eigenvalue weighted by Gasteiger charge is -2.16. The first-order chi connectivity index (χ1) is 10.9. The standard InChI is InChI=1S/C17H16FN3O2/c1-10(2)21-16(22)14(8-19)11(3)15(17(21)23)9-20-13-6-4-12(18)5-7-13/h4-7,9-10,23H,1-3H3. The molecule has 5 nitrogen and oxygen atoms in total. The van der Waals surface area contributed by atoms with E-state index in [-0.39, 0.29) is 23.3 Å². The number of aromatic nitrogens is 1. The van der Waals surface area contributed by atoms with Crippen molar-refractivity contribution in [2.24, 2.45) is 4.99 Å². The molecular formula is C17H16FN3O2. The molecule has 0 amide bonds. The molecule has 0 aliphatic rings. The molecule has 1 aromatic heterocycles. The molecule has 1 aromatic carbocycles. The van der Waals surface area contributed by atoms with Crippen LogP contribution in [0.5, 0.6) is 5.88 Å². The van der Waals surface area contributed by atoms with E-state index in [2.05, 4.69) is 4.99 Å². The van der Waals surface area contributed by atoms with E-state index < -0.39 is 5.56 Å². The Balaban J connectivity index is 2.62. The Hall–Kier alpha value is -2.94. The highest BCUT2D eigenvalue weighted by atomic mass is 19.1. The number of rotatable bonds is 3. The fraction of sp³-hybridized carbons (Fsp3) is 0.235. The first kappa shape index (κ1) is 16.4. The lowest BCUT2D eigenvalue weighted by molar-refractivity contribution is 0.386. The zero-order chi connectivity index (χ0) is 17.1. The van der Waals surface area contributed by atoms with Gasteiger partial charge in [-0.25, -0.2) is 4.39 Å². The summed E-state index contributed by atoms with van der Waals surface area (Å²) in [6.45, 7) is 5.05. The van der Waals surface area contributed by atoms with Crippen LogP contribution in [0.1, 0.15) is 36.6 Å². The number of hydrogen-bond acceptors (Lipinski definition) is 4. The second-order valence-electron chi connectivity index (χ2n) is 5.35. The maximum Gasteiger partial charge on any atom is 0.271 e. The van der Waals surface area contributed by atoms with Crippen LogP contribution < -0.4 is 5.56 Å². The molecule has 118 valence electrons. The Bertz CT molecular complexity index is 859. The zero-order valence-electron chi connectivity index (χ0n) is 13.0. The third-order valence-corrected chi connectivity index (χ3v) is 3.48. The van der Waals surface area contributed by atoms with E-state index in [1.165, 1.54) is 30.5 Å². The van der Waals surface area contributed by atoms with Gasteiger partial charge in [-0.3, -0.25) is 14.4 Å². The van der Waals surface area contributed by atoms with Crippen molar-refractivity contribution in [2.75, 3.05) is 0 Å². The summed E-state index contributed by atoms with van der Waals surface area (Å²) < 4.78 is 14.0. The molecule has 2 rings (SSSR count). The van der Waals surface area contributed by atoms with Gasteiger partial charge in [-0.05, 0) is 50.6 Å². The van der Waals surface area contributed by atoms with Crippen molar-refractivity contribution in [3.05, 3.63) is 57.1 Å². The average Bonchev–Trinajstić information content (AvgIpc) is 2.49. The predicted octanol–water partition coefficient (Wildman–Crippen LogP) is 3.20. The molecule has 23 heavy (non-hydrogen) atoms. The summed E-state index contributed by atoms with van der Waals surface area (Å²) in [4.78, 5) is 16.4. The molecule has 0 saturated heterocycles. The second kappa shape index (κ2) is 6.44. The van der Waals surface area contributed by atoms with Gasteiger partial charge in [0.25, 0.3) is 5.56 Å². The van der Waals surface area contributed by atoms with Crippen LogP contribution in [0.25, 0.3) is 0 Å². The number of aliphatic imine (C=N–C) groups is 1. The minimum Gasteiger partial charge on any atom is -0.494 e. The molecule has 2 aromatic rings. The Kier molecular flexibility index (Phi) is 4.60. The van der Waals surface area contributed by atoms with Crippen LogP contribution in [0.2, 0.25) is 0 Å². The van der Waals surface area contributed by atoms with Crippen molar-refractivity contribution in [1.29, 1.82) is 5.26 Å². The molecule has 0 bridgehead atoms. The summed E-state index contributed by atoms with van der Waals surface area (Å²) in [5.41, 5.74) is 0.580. The number of nitriles is 1. The molecule has 0 aliphatic carbocycles. The normalized spacial score (nSPS) is 11.1. The average molecular weight is 313 g/mol. The molecule has 0 atom stereocenters. The first-order valence-corrected chi connectivity index (χ1v) is 7.04. The first-order valence-electron chi connectivity index (χ1n) is 7.04. The zero-order valence-corrected chi connectivity index (χ0v) is 13.0. The van der Waals surface area contributed by atoms with Gasteiger partial charge in [0.05, 0.1) is 11.3 Å². The smallest absolute Gasteiger partial charge is 0.271 e. The monoisotopic (exact) mass is 313 g/mol. The number of benzene rings is 1. The molecule has 0 aliphatic heterocycles. The van der Waals surface area contributed by atoms with E-state index in [4.69, 9.17) is 0 Å². The van der Waals surface area contributed by atoms with Gasteiger partial charge in [-0.1, -0.05) is 0 Å². The lowest BCUT2D eigenvalue weighted by atomic mass is 10.1. The second-order valence-corrected chi connectivity index (χ2v) is 5.35. The molecule has 0 unspecified atom stereocenters. The summed E-state index contributed by atoms with van der Waals surface area (Å²) in [6.07, 6.45) is 1.37. The maximum absolute atomic E-state index is 12.9. The van der Waals surface area contributed by atoms with Gasteiger partial charge >= 0.3 is 0 Å². The molecule has 1 N–H and O–H groups in total. The van der Waals surface area contributed by atoms with Crippen LogP contribution in [0.15, 0.2) is 34.1 Å². The van der Waals surface area contributed by atoms with Crippen LogP contribution in [0.3, 0.4) is 0 Å². The molecule has 1 heterocycles. The highest BCUT2D eigenvalue weighted by molar-refractivity contribution is 5.87. The SMILES string of the molecule is Cc1c(C=Nc2ccc(F)cc2)c(O)n(C(C)C)c(=O)c1C#N. The van der Waals surface area contributed by atoms with Crippen LogP contribution in [-0.4, -0.2) is 15.9 Å². The Labute approximate surface area is 133 Å². The van der Waals surface area contributed by atoms with Crippen molar-refractivity contribution in [2.45, 2.75) is 26.8 Å². The van der Waals surface area contributed by atoms with E-state index in [0.29, 0.717) is 16.8 Å². The van der Waals surface area contributed by atoms with Crippen molar-refractivity contribution >= 4 is 11.9 Å². The van der Waals surface area contributed by atoms with E-state index in [1.807, 2.05) is 6.07 Å². The van der Waals surface area contributed by atoms with Crippen molar-refractivity contribution in [3.8, 4) is 11.9 Å². The highest BCUT2D eigenvalue weighted by Crippen LogP contribution is 2.23. The largest absolute Gasteiger partial charge is 0.494 e. The van der Waals surface area contributed by atoms with E-state index in [9.17, 15) is 19.6 Å². The number of pyridine rings is 1. The van der Waals surface area contributed by atoms with Gasteiger partial charge in [-0.2, -0.15) is 5.26 Å². The molecule has 0 radical (unpaired) electrons. The van der Waals surface area contributed by atoms with Crippen molar-refractivity contribution in [1.82, 2.24) is 4.57 Å². The van der Waals surface area contributed by atoms with E-state index in [1.54, 1.807) is 20.8 Å². The topological polar surface area (TPSA) is 78.4 Å². The maximum atomic E-state index is 12.9. The van der Waals surface area contributed by atoms with Crippen LogP contribution in [0, 0.1) is 24.1 Å². The van der Waals surface area contributed by atoms with E-state index >= 15 is 0 Å². The molecule has 6 heteroatoms. The predicted molar refractivity (Wildman–Crippen MR) is 85.9 cm³/mol. The van der Waals surface area contributed by atoms with Crippen molar-refractivity contribution < 1.29 is 9.50 Å². The Morgan fingerprint density at radius 2 is 1.96 bits per heavy atom. The third-order valence-electron chi connectivity index (χ3n) is 3.48. The summed E-state index contributed by atoms with van der Waals surface area (Å²) in [5.74, 6) is -0.615. The minimum atomic E-state index is -0.531. The fourth-order valence-electron chi connectivity index (χ4n) is 2.24. The molecule has 0 saturated carbocycles. The van der Waals surface area contributed by atoms with Gasteiger partial charge in [0.15, 0.2) is 0 Å². The molecular weight excluding hydrogens is 297 g/mol. The molecule has 0 spiro atoms. The summed E-state index contributed by atoms with van der Waals surface area (Å²) >= 11 is 0. The fourth-order valence-corrected chi connectivity index (χ4v) is 2.24. The Morgan fingerprint density at radius 1 is 1.35 bits per heavy atom. The van der Waals surface area contributed by atoms with Gasteiger partial charge in [0, 0.05) is 12.3 Å². The number of nitrogens with zero attached hydrogens (tertiary/aromatic N) is 3. The number of aromatic hydroxyl groups is 1. The quantitative estimate of drug-likeness (QED) is 0.884. The lowest BCUT2D eigenvalue weighted by Crippen LogP contribution is -2.26. The third kappa shape index (κ3) is 3.14. The minimum absolute atomic E-state index is 0.0305. The van der Waals surface area contributed by atoms with Crippen LogP contribution in [0.4, 0.5) is 10.1 Å². The number of halogens is 1. The highest BCUT2D eigenvalue weighted by Gasteiger charge is 2.19. The van der Waals surface area contributed by atoms with Crippen LogP contribution in [-0.2, 0) is 0 Å². The summed E-state index contributed by atoms with van der Waals surface area (Å²) in [7, 11) is 0. The summed E-state index contributed by atoms with van der Waals surface area (Å²) in [5, 5.41) is 19.6. The Morgan fingerprint density at radius 3 is 2.48 bits per heavy atom. The van der Waals surface area contributed by atoms with Gasteiger partial charge in [-0.15, -0.1) is 0 Å². The van der Waals surface area contributed by atoms with Gasteiger partial charge in [0.1, 0.15) is 17.4 Å². The summed E-state index contributed by atoms with van der Waals surface area (Å²) in [6, 6.07) is 7.09. The number of hydrogen-bond donors (Lipinski definition) is 1. The van der Waals surface area contributed by atoms with Crippen molar-refractivity contribution in [3.63, 3.8) is 0 Å². The van der Waals surface area contributed by atoms with Gasteiger partial charge in [0.2, 0.25) is 5.88 Å². The van der Waals surface area contributed by atoms with Crippen LogP contribution >= 0.6 is 0 Å². The molecule has 0 fully saturated rings.